The minimum absolute atomic E-state index is 0.689. The molecule has 0 spiro atoms. The standard InChI is InChI=1S/C18H20N2O2/c1-13-5-3-6-16(11-13)20-19-14(2)15-7-8-17-18(12-15)22-10-4-9-21-17/h3,5-8,11-12,20H,4,9-10H2,1-2H3/b19-14-. The summed E-state index contributed by atoms with van der Waals surface area (Å²) in [6.07, 6.45) is 0.909. The summed E-state index contributed by atoms with van der Waals surface area (Å²) in [5.74, 6) is 1.60. The fraction of sp³-hybridized carbons (Fsp3) is 0.278. The highest BCUT2D eigenvalue weighted by molar-refractivity contribution is 5.99. The molecule has 0 aromatic heterocycles. The van der Waals surface area contributed by atoms with Gasteiger partial charge in [0.05, 0.1) is 24.6 Å². The van der Waals surface area contributed by atoms with E-state index in [2.05, 4.69) is 29.6 Å². The first-order chi connectivity index (χ1) is 10.7. The van der Waals surface area contributed by atoms with Crippen LogP contribution < -0.4 is 14.9 Å². The van der Waals surface area contributed by atoms with Crippen molar-refractivity contribution in [2.24, 2.45) is 5.10 Å². The van der Waals surface area contributed by atoms with E-state index in [1.54, 1.807) is 0 Å². The van der Waals surface area contributed by atoms with E-state index in [1.807, 2.05) is 37.3 Å². The summed E-state index contributed by atoms with van der Waals surface area (Å²) in [6.45, 7) is 5.43. The average Bonchev–Trinajstić information content (AvgIpc) is 2.77. The maximum atomic E-state index is 5.72. The first-order valence-corrected chi connectivity index (χ1v) is 7.49. The van der Waals surface area contributed by atoms with E-state index in [4.69, 9.17) is 9.47 Å². The highest BCUT2D eigenvalue weighted by Gasteiger charge is 2.11. The van der Waals surface area contributed by atoms with Crippen LogP contribution in [-0.4, -0.2) is 18.9 Å². The molecule has 22 heavy (non-hydrogen) atoms. The van der Waals surface area contributed by atoms with E-state index in [-0.39, 0.29) is 0 Å². The Kier molecular flexibility index (Phi) is 4.28. The molecule has 4 nitrogen and oxygen atoms in total. The maximum Gasteiger partial charge on any atom is 0.161 e. The Morgan fingerprint density at radius 3 is 2.68 bits per heavy atom. The lowest BCUT2D eigenvalue weighted by Crippen LogP contribution is -2.01. The fourth-order valence-electron chi connectivity index (χ4n) is 2.32. The van der Waals surface area contributed by atoms with Crippen LogP contribution in [0.2, 0.25) is 0 Å². The van der Waals surface area contributed by atoms with E-state index >= 15 is 0 Å². The lowest BCUT2D eigenvalue weighted by atomic mass is 10.1. The summed E-state index contributed by atoms with van der Waals surface area (Å²) >= 11 is 0. The SMILES string of the molecule is C/C(=N/Nc1cccc(C)c1)c1ccc2c(c1)OCCCO2. The molecule has 4 heteroatoms. The van der Waals surface area contributed by atoms with Crippen LogP contribution in [0.15, 0.2) is 47.6 Å². The summed E-state index contributed by atoms with van der Waals surface area (Å²) in [4.78, 5) is 0. The van der Waals surface area contributed by atoms with Crippen LogP contribution >= 0.6 is 0 Å². The van der Waals surface area contributed by atoms with E-state index in [1.165, 1.54) is 5.56 Å². The highest BCUT2D eigenvalue weighted by atomic mass is 16.5. The van der Waals surface area contributed by atoms with Crippen LogP contribution in [0.25, 0.3) is 0 Å². The minimum Gasteiger partial charge on any atom is -0.490 e. The molecule has 0 aliphatic carbocycles. The first kappa shape index (κ1) is 14.4. The third-order valence-electron chi connectivity index (χ3n) is 3.54. The first-order valence-electron chi connectivity index (χ1n) is 7.49. The van der Waals surface area contributed by atoms with Gasteiger partial charge in [0.15, 0.2) is 11.5 Å². The van der Waals surface area contributed by atoms with E-state index in [0.29, 0.717) is 13.2 Å². The number of aryl methyl sites for hydroxylation is 1. The van der Waals surface area contributed by atoms with Gasteiger partial charge in [0.25, 0.3) is 0 Å². The van der Waals surface area contributed by atoms with Crippen molar-refractivity contribution in [1.29, 1.82) is 0 Å². The van der Waals surface area contributed by atoms with Gasteiger partial charge in [0.1, 0.15) is 0 Å². The van der Waals surface area contributed by atoms with Gasteiger partial charge in [-0.25, -0.2) is 0 Å². The molecule has 0 radical (unpaired) electrons. The second kappa shape index (κ2) is 6.52. The average molecular weight is 296 g/mol. The molecular weight excluding hydrogens is 276 g/mol. The van der Waals surface area contributed by atoms with Crippen molar-refractivity contribution in [1.82, 2.24) is 0 Å². The zero-order chi connectivity index (χ0) is 15.4. The Labute approximate surface area is 130 Å². The van der Waals surface area contributed by atoms with Crippen LogP contribution in [0.1, 0.15) is 24.5 Å². The van der Waals surface area contributed by atoms with Crippen molar-refractivity contribution >= 4 is 11.4 Å². The van der Waals surface area contributed by atoms with Crippen molar-refractivity contribution < 1.29 is 9.47 Å². The van der Waals surface area contributed by atoms with E-state index in [9.17, 15) is 0 Å². The molecule has 3 rings (SSSR count). The third-order valence-corrected chi connectivity index (χ3v) is 3.54. The molecule has 0 bridgehead atoms. The molecule has 0 atom stereocenters. The second-order valence-electron chi connectivity index (χ2n) is 5.39. The van der Waals surface area contributed by atoms with Gasteiger partial charge >= 0.3 is 0 Å². The minimum atomic E-state index is 0.689. The van der Waals surface area contributed by atoms with Gasteiger partial charge in [-0.15, -0.1) is 0 Å². The van der Waals surface area contributed by atoms with Crippen molar-refractivity contribution in [3.8, 4) is 11.5 Å². The second-order valence-corrected chi connectivity index (χ2v) is 5.39. The van der Waals surface area contributed by atoms with Gasteiger partial charge in [-0.05, 0) is 49.7 Å². The Morgan fingerprint density at radius 2 is 1.86 bits per heavy atom. The predicted molar refractivity (Wildman–Crippen MR) is 89.1 cm³/mol. The van der Waals surface area contributed by atoms with Crippen molar-refractivity contribution in [2.45, 2.75) is 20.3 Å². The predicted octanol–water partition coefficient (Wildman–Crippen LogP) is 3.99. The fourth-order valence-corrected chi connectivity index (χ4v) is 2.32. The number of hydrazone groups is 1. The number of benzene rings is 2. The number of rotatable bonds is 3. The summed E-state index contributed by atoms with van der Waals surface area (Å²) < 4.78 is 11.4. The zero-order valence-electron chi connectivity index (χ0n) is 12.9. The highest BCUT2D eigenvalue weighted by Crippen LogP contribution is 2.30. The molecule has 1 heterocycles. The van der Waals surface area contributed by atoms with Gasteiger partial charge in [0.2, 0.25) is 0 Å². The number of nitrogens with one attached hydrogen (secondary N) is 1. The molecule has 1 N–H and O–H groups in total. The lowest BCUT2D eigenvalue weighted by Gasteiger charge is -2.09. The topological polar surface area (TPSA) is 42.9 Å². The monoisotopic (exact) mass is 296 g/mol. The van der Waals surface area contributed by atoms with Crippen molar-refractivity contribution in [3.63, 3.8) is 0 Å². The molecular formula is C18H20N2O2. The smallest absolute Gasteiger partial charge is 0.161 e. The molecule has 1 aliphatic heterocycles. The van der Waals surface area contributed by atoms with E-state index < -0.39 is 0 Å². The molecule has 1 aliphatic rings. The molecule has 0 fully saturated rings. The van der Waals surface area contributed by atoms with Gasteiger partial charge in [0, 0.05) is 12.0 Å². The Hall–Kier alpha value is -2.49. The Balaban J connectivity index is 1.78. The van der Waals surface area contributed by atoms with Crippen LogP contribution in [0, 0.1) is 6.92 Å². The largest absolute Gasteiger partial charge is 0.490 e. The summed E-state index contributed by atoms with van der Waals surface area (Å²) in [5.41, 5.74) is 7.19. The number of nitrogens with zero attached hydrogens (tertiary/aromatic N) is 1. The van der Waals surface area contributed by atoms with Crippen LogP contribution in [-0.2, 0) is 0 Å². The molecule has 2 aromatic carbocycles. The van der Waals surface area contributed by atoms with Gasteiger partial charge in [-0.2, -0.15) is 5.10 Å². The number of fused-ring (bicyclic) bond motifs is 1. The quantitative estimate of drug-likeness (QED) is 0.688. The van der Waals surface area contributed by atoms with Gasteiger partial charge in [-0.1, -0.05) is 12.1 Å². The summed E-state index contributed by atoms with van der Waals surface area (Å²) in [5, 5.41) is 4.45. The van der Waals surface area contributed by atoms with Gasteiger partial charge < -0.3 is 9.47 Å². The number of hydrogen-bond donors (Lipinski definition) is 1. The zero-order valence-corrected chi connectivity index (χ0v) is 12.9. The van der Waals surface area contributed by atoms with Gasteiger partial charge in [-0.3, -0.25) is 5.43 Å². The lowest BCUT2D eigenvalue weighted by molar-refractivity contribution is 0.297. The van der Waals surface area contributed by atoms with Crippen LogP contribution in [0.5, 0.6) is 11.5 Å². The Bertz CT molecular complexity index is 695. The summed E-state index contributed by atoms with van der Waals surface area (Å²) in [7, 11) is 0. The molecule has 0 amide bonds. The third kappa shape index (κ3) is 3.39. The van der Waals surface area contributed by atoms with Crippen LogP contribution in [0.3, 0.4) is 0 Å². The van der Waals surface area contributed by atoms with E-state index in [0.717, 1.165) is 34.9 Å². The Morgan fingerprint density at radius 1 is 1.05 bits per heavy atom. The molecule has 0 saturated carbocycles. The number of ether oxygens (including phenoxy) is 2. The maximum absolute atomic E-state index is 5.72. The molecule has 114 valence electrons. The molecule has 0 saturated heterocycles. The molecule has 0 unspecified atom stereocenters. The van der Waals surface area contributed by atoms with Crippen molar-refractivity contribution in [2.75, 3.05) is 18.6 Å². The normalized spacial score (nSPS) is 14.4. The van der Waals surface area contributed by atoms with Crippen molar-refractivity contribution in [3.05, 3.63) is 53.6 Å². The number of anilines is 1. The summed E-state index contributed by atoms with van der Waals surface area (Å²) in [6, 6.07) is 14.1. The van der Waals surface area contributed by atoms with Crippen LogP contribution in [0.4, 0.5) is 5.69 Å². The molecule has 2 aromatic rings. The number of hydrogen-bond acceptors (Lipinski definition) is 4.